The molecule has 0 aliphatic heterocycles. The molecule has 0 radical (unpaired) electrons. The maximum Gasteiger partial charge on any atom is 0.258 e. The smallest absolute Gasteiger partial charge is 0.258 e. The zero-order valence-electron chi connectivity index (χ0n) is 19.0. The Hall–Kier alpha value is -2.93. The van der Waals surface area contributed by atoms with Crippen molar-refractivity contribution >= 4 is 46.5 Å². The van der Waals surface area contributed by atoms with E-state index in [9.17, 15) is 9.59 Å². The molecule has 1 aromatic heterocycles. The van der Waals surface area contributed by atoms with Crippen LogP contribution in [0.15, 0.2) is 60.8 Å². The molecule has 0 spiro atoms. The van der Waals surface area contributed by atoms with Crippen molar-refractivity contribution in [2.24, 2.45) is 0 Å². The molecule has 0 bridgehead atoms. The van der Waals surface area contributed by atoms with Crippen molar-refractivity contribution in [1.82, 2.24) is 10.3 Å². The van der Waals surface area contributed by atoms with E-state index in [0.29, 0.717) is 33.2 Å². The molecule has 1 aliphatic rings. The van der Waals surface area contributed by atoms with Gasteiger partial charge in [0.15, 0.2) is 0 Å². The van der Waals surface area contributed by atoms with Gasteiger partial charge < -0.3 is 16.0 Å². The van der Waals surface area contributed by atoms with Gasteiger partial charge >= 0.3 is 0 Å². The number of pyridine rings is 1. The molecular weight excluding hydrogens is 471 g/mol. The molecule has 2 aromatic carbocycles. The fourth-order valence-electron chi connectivity index (χ4n) is 3.73. The molecule has 3 aromatic rings. The zero-order chi connectivity index (χ0) is 24.3. The molecule has 1 heterocycles. The van der Waals surface area contributed by atoms with Crippen molar-refractivity contribution in [3.8, 4) is 0 Å². The molecule has 8 heteroatoms. The second-order valence-electron chi connectivity index (χ2n) is 8.85. The summed E-state index contributed by atoms with van der Waals surface area (Å²) in [5.74, 6) is -0.419. The highest BCUT2D eigenvalue weighted by atomic mass is 35.5. The molecule has 1 saturated carbocycles. The first-order chi connectivity index (χ1) is 16.3. The fourth-order valence-corrected chi connectivity index (χ4v) is 4.02. The summed E-state index contributed by atoms with van der Waals surface area (Å²) < 4.78 is 0. The number of hydrogen-bond donors (Lipinski definition) is 3. The summed E-state index contributed by atoms with van der Waals surface area (Å²) in [6, 6.07) is 16.1. The molecule has 4 rings (SSSR count). The first-order valence-corrected chi connectivity index (χ1v) is 11.9. The number of benzene rings is 2. The predicted octanol–water partition coefficient (Wildman–Crippen LogP) is 5.92. The van der Waals surface area contributed by atoms with Crippen molar-refractivity contribution in [3.63, 3.8) is 0 Å². The maximum atomic E-state index is 12.9. The molecule has 0 saturated heterocycles. The van der Waals surface area contributed by atoms with Gasteiger partial charge in [-0.1, -0.05) is 49.2 Å². The van der Waals surface area contributed by atoms with Gasteiger partial charge in [0.05, 0.1) is 16.3 Å². The number of nitrogens with zero attached hydrogens (tertiary/aromatic N) is 1. The van der Waals surface area contributed by atoms with Gasteiger partial charge in [0.1, 0.15) is 5.82 Å². The van der Waals surface area contributed by atoms with Crippen LogP contribution in [0.1, 0.15) is 53.0 Å². The maximum absolute atomic E-state index is 12.9. The van der Waals surface area contributed by atoms with Gasteiger partial charge in [0, 0.05) is 34.8 Å². The van der Waals surface area contributed by atoms with Crippen LogP contribution >= 0.6 is 23.2 Å². The van der Waals surface area contributed by atoms with Crippen molar-refractivity contribution in [1.29, 1.82) is 0 Å². The third-order valence-electron chi connectivity index (χ3n) is 5.91. The monoisotopic (exact) mass is 496 g/mol. The predicted molar refractivity (Wildman–Crippen MR) is 137 cm³/mol. The number of aromatic nitrogens is 1. The van der Waals surface area contributed by atoms with E-state index in [2.05, 4.69) is 34.8 Å². The van der Waals surface area contributed by atoms with Crippen molar-refractivity contribution in [2.45, 2.75) is 38.1 Å². The normalized spacial score (nSPS) is 14.0. The van der Waals surface area contributed by atoms with E-state index in [4.69, 9.17) is 23.2 Å². The molecule has 0 atom stereocenters. The van der Waals surface area contributed by atoms with Gasteiger partial charge in [-0.25, -0.2) is 4.98 Å². The first kappa shape index (κ1) is 24.2. The van der Waals surface area contributed by atoms with E-state index in [0.717, 1.165) is 19.4 Å². The Balaban J connectivity index is 1.48. The van der Waals surface area contributed by atoms with Crippen molar-refractivity contribution in [3.05, 3.63) is 87.5 Å². The Morgan fingerprint density at radius 1 is 0.941 bits per heavy atom. The second-order valence-corrected chi connectivity index (χ2v) is 9.73. The molecular formula is C26H26Cl2N4O2. The fraction of sp³-hybridized carbons (Fsp3) is 0.269. The number of carbonyl (C=O) groups excluding carboxylic acids is 2. The molecule has 34 heavy (non-hydrogen) atoms. The summed E-state index contributed by atoms with van der Waals surface area (Å²) in [4.78, 5) is 29.9. The van der Waals surface area contributed by atoms with Crippen LogP contribution in [-0.4, -0.2) is 29.4 Å². The molecule has 2 amide bonds. The minimum Gasteiger partial charge on any atom is -0.321 e. The third-order valence-corrected chi connectivity index (χ3v) is 6.36. The molecule has 3 N–H and O–H groups in total. The minimum absolute atomic E-state index is 0.163. The lowest BCUT2D eigenvalue weighted by Crippen LogP contribution is -2.32. The minimum atomic E-state index is -0.448. The Morgan fingerprint density at radius 3 is 2.26 bits per heavy atom. The summed E-state index contributed by atoms with van der Waals surface area (Å²) in [5, 5.41) is 9.88. The molecule has 1 fully saturated rings. The zero-order valence-corrected chi connectivity index (χ0v) is 20.5. The summed E-state index contributed by atoms with van der Waals surface area (Å²) in [6.45, 7) is 5.21. The van der Waals surface area contributed by atoms with Crippen LogP contribution in [0.3, 0.4) is 0 Å². The van der Waals surface area contributed by atoms with Crippen LogP contribution in [0.4, 0.5) is 11.5 Å². The first-order valence-electron chi connectivity index (χ1n) is 11.1. The second kappa shape index (κ2) is 10.1. The lowest BCUT2D eigenvalue weighted by atomic mass is 9.94. The van der Waals surface area contributed by atoms with Crippen molar-refractivity contribution < 1.29 is 9.59 Å². The van der Waals surface area contributed by atoms with Crippen LogP contribution in [0, 0.1) is 0 Å². The number of nitrogens with one attached hydrogen (secondary N) is 3. The summed E-state index contributed by atoms with van der Waals surface area (Å²) in [7, 11) is 0. The van der Waals surface area contributed by atoms with Crippen molar-refractivity contribution in [2.75, 3.05) is 17.2 Å². The highest BCUT2D eigenvalue weighted by Crippen LogP contribution is 2.47. The highest BCUT2D eigenvalue weighted by Gasteiger charge is 2.43. The number of halogens is 2. The summed E-state index contributed by atoms with van der Waals surface area (Å²) in [6.07, 6.45) is 3.72. The Labute approximate surface area is 209 Å². The quantitative estimate of drug-likeness (QED) is 0.361. The third kappa shape index (κ3) is 5.76. The molecule has 176 valence electrons. The molecule has 0 unspecified atom stereocenters. The number of rotatable bonds is 8. The largest absolute Gasteiger partial charge is 0.321 e. The Bertz CT molecular complexity index is 1190. The van der Waals surface area contributed by atoms with Crippen LogP contribution in [0.25, 0.3) is 0 Å². The van der Waals surface area contributed by atoms with Crippen LogP contribution in [0.2, 0.25) is 10.0 Å². The van der Waals surface area contributed by atoms with Gasteiger partial charge in [-0.15, -0.1) is 0 Å². The van der Waals surface area contributed by atoms with E-state index in [-0.39, 0.29) is 16.9 Å². The number of amides is 2. The summed E-state index contributed by atoms with van der Waals surface area (Å²) in [5.41, 5.74) is 2.49. The SMILES string of the molecule is CC(C)NCC1(c2ccc(C(=O)Nc3ccc(Cl)cc3C(=O)Nc3ccc(Cl)cn3)cc2)CC1. The highest BCUT2D eigenvalue weighted by molar-refractivity contribution is 6.31. The Morgan fingerprint density at radius 2 is 1.65 bits per heavy atom. The standard InChI is InChI=1S/C26H26Cl2N4O2/c1-16(2)30-15-26(11-12-26)18-5-3-17(4-6-18)24(33)31-22-9-7-19(27)13-21(22)25(34)32-23-10-8-20(28)14-29-23/h3-10,13-14,16,30H,11-12,15H2,1-2H3,(H,31,33)(H,29,32,34). The number of carbonyl (C=O) groups is 2. The van der Waals surface area contributed by atoms with E-state index >= 15 is 0 Å². The van der Waals surface area contributed by atoms with Gasteiger partial charge in [0.25, 0.3) is 11.8 Å². The lowest BCUT2D eigenvalue weighted by molar-refractivity contribution is 0.102. The van der Waals surface area contributed by atoms with Crippen LogP contribution in [-0.2, 0) is 5.41 Å². The number of anilines is 2. The van der Waals surface area contributed by atoms with E-state index in [1.54, 1.807) is 24.3 Å². The Kier molecular flexibility index (Phi) is 7.22. The number of hydrogen-bond acceptors (Lipinski definition) is 4. The van der Waals surface area contributed by atoms with Gasteiger partial charge in [-0.2, -0.15) is 0 Å². The topological polar surface area (TPSA) is 83.1 Å². The van der Waals surface area contributed by atoms with Gasteiger partial charge in [0.2, 0.25) is 0 Å². The molecule has 1 aliphatic carbocycles. The van der Waals surface area contributed by atoms with Gasteiger partial charge in [-0.05, 0) is 60.9 Å². The van der Waals surface area contributed by atoms with Crippen LogP contribution < -0.4 is 16.0 Å². The van der Waals surface area contributed by atoms with Gasteiger partial charge in [-0.3, -0.25) is 9.59 Å². The summed E-state index contributed by atoms with van der Waals surface area (Å²) >= 11 is 12.0. The van der Waals surface area contributed by atoms with E-state index in [1.165, 1.54) is 17.8 Å². The van der Waals surface area contributed by atoms with E-state index in [1.807, 2.05) is 24.3 Å². The van der Waals surface area contributed by atoms with E-state index < -0.39 is 5.91 Å². The van der Waals surface area contributed by atoms with Crippen LogP contribution in [0.5, 0.6) is 0 Å². The average Bonchev–Trinajstić information content (AvgIpc) is 3.61. The molecule has 6 nitrogen and oxygen atoms in total. The average molecular weight is 497 g/mol. The lowest BCUT2D eigenvalue weighted by Gasteiger charge is -2.19.